The summed E-state index contributed by atoms with van der Waals surface area (Å²) in [5, 5.41) is 4.89. The summed E-state index contributed by atoms with van der Waals surface area (Å²) in [5.41, 5.74) is 1.57. The maximum absolute atomic E-state index is 13.4. The van der Waals surface area contributed by atoms with Crippen molar-refractivity contribution in [2.24, 2.45) is 0 Å². The number of halogens is 1. The van der Waals surface area contributed by atoms with E-state index in [-0.39, 0.29) is 23.5 Å². The molecule has 0 saturated carbocycles. The van der Waals surface area contributed by atoms with Crippen LogP contribution in [-0.4, -0.2) is 52.9 Å². The van der Waals surface area contributed by atoms with E-state index in [1.807, 2.05) is 0 Å². The summed E-state index contributed by atoms with van der Waals surface area (Å²) in [7, 11) is 0. The van der Waals surface area contributed by atoms with Crippen LogP contribution in [-0.2, 0) is 0 Å². The fraction of sp³-hybridized carbons (Fsp3) is 0.348. The molecular formula is C23H22FN3O3. The van der Waals surface area contributed by atoms with Crippen molar-refractivity contribution in [3.63, 3.8) is 0 Å². The molecule has 0 unspecified atom stereocenters. The maximum atomic E-state index is 13.4. The first-order chi connectivity index (χ1) is 14.6. The topological polar surface area (TPSA) is 66.7 Å². The molecule has 2 aliphatic heterocycles. The lowest BCUT2D eigenvalue weighted by molar-refractivity contribution is 0.0645. The van der Waals surface area contributed by atoms with E-state index in [1.165, 1.54) is 17.0 Å². The molecule has 0 spiro atoms. The number of hydrogen-bond acceptors (Lipinski definition) is 5. The molecule has 154 valence electrons. The van der Waals surface area contributed by atoms with E-state index < -0.39 is 0 Å². The molecule has 0 bridgehead atoms. The van der Waals surface area contributed by atoms with Crippen molar-refractivity contribution in [1.29, 1.82) is 0 Å². The van der Waals surface area contributed by atoms with Gasteiger partial charge in [-0.15, -0.1) is 0 Å². The predicted molar refractivity (Wildman–Crippen MR) is 109 cm³/mol. The van der Waals surface area contributed by atoms with E-state index >= 15 is 0 Å². The lowest BCUT2D eigenvalue weighted by atomic mass is 9.92. The van der Waals surface area contributed by atoms with E-state index in [1.54, 1.807) is 30.3 Å². The summed E-state index contributed by atoms with van der Waals surface area (Å²) < 4.78 is 18.9. The number of aromatic nitrogens is 1. The molecule has 2 aliphatic rings. The third-order valence-corrected chi connectivity index (χ3v) is 6.16. The third-order valence-electron chi connectivity index (χ3n) is 6.16. The van der Waals surface area contributed by atoms with Gasteiger partial charge in [0.05, 0.1) is 11.1 Å². The van der Waals surface area contributed by atoms with Crippen molar-refractivity contribution < 1.29 is 18.5 Å². The van der Waals surface area contributed by atoms with Crippen molar-refractivity contribution >= 4 is 22.7 Å². The van der Waals surface area contributed by atoms with Gasteiger partial charge in [0.1, 0.15) is 17.1 Å². The van der Waals surface area contributed by atoms with E-state index in [0.717, 1.165) is 50.0 Å². The number of hydrogen-bond donors (Lipinski definition) is 0. The summed E-state index contributed by atoms with van der Waals surface area (Å²) in [5.74, 6) is 0.421. The minimum atomic E-state index is -0.310. The van der Waals surface area contributed by atoms with E-state index in [4.69, 9.17) is 4.52 Å². The second-order valence-corrected chi connectivity index (χ2v) is 7.99. The van der Waals surface area contributed by atoms with Crippen LogP contribution in [0, 0.1) is 5.82 Å². The molecule has 1 aromatic heterocycles. The summed E-state index contributed by atoms with van der Waals surface area (Å²) in [4.78, 5) is 28.6. The van der Waals surface area contributed by atoms with Gasteiger partial charge in [0.15, 0.2) is 0 Å². The largest absolute Gasteiger partial charge is 0.360 e. The third kappa shape index (κ3) is 3.29. The van der Waals surface area contributed by atoms with Crippen molar-refractivity contribution in [3.8, 4) is 0 Å². The van der Waals surface area contributed by atoms with E-state index in [2.05, 4.69) is 10.1 Å². The molecule has 7 heteroatoms. The van der Waals surface area contributed by atoms with Gasteiger partial charge in [0.2, 0.25) is 0 Å². The SMILES string of the molecule is O=C1c2ccccc2C(=O)N1CCCN1CCC(c2onc3cc(F)ccc23)CC1. The number of benzene rings is 2. The number of likely N-dealkylation sites (tertiary alicyclic amines) is 1. The Kier molecular flexibility index (Phi) is 4.83. The lowest BCUT2D eigenvalue weighted by Gasteiger charge is -2.31. The fourth-order valence-electron chi connectivity index (χ4n) is 4.54. The highest BCUT2D eigenvalue weighted by Crippen LogP contribution is 2.33. The Morgan fingerprint density at radius 2 is 1.70 bits per heavy atom. The smallest absolute Gasteiger partial charge is 0.261 e. The zero-order valence-electron chi connectivity index (χ0n) is 16.5. The zero-order valence-corrected chi connectivity index (χ0v) is 16.5. The summed E-state index contributed by atoms with van der Waals surface area (Å²) in [6.07, 6.45) is 2.63. The normalized spacial score (nSPS) is 17.8. The Bertz CT molecular complexity index is 1080. The second-order valence-electron chi connectivity index (χ2n) is 7.99. The Morgan fingerprint density at radius 3 is 2.40 bits per heavy atom. The Morgan fingerprint density at radius 1 is 1.00 bits per heavy atom. The van der Waals surface area contributed by atoms with Gasteiger partial charge in [-0.25, -0.2) is 4.39 Å². The molecule has 1 saturated heterocycles. The van der Waals surface area contributed by atoms with Crippen LogP contribution < -0.4 is 0 Å². The molecule has 30 heavy (non-hydrogen) atoms. The van der Waals surface area contributed by atoms with Crippen LogP contribution >= 0.6 is 0 Å². The van der Waals surface area contributed by atoms with Crippen LogP contribution in [0.15, 0.2) is 47.0 Å². The molecule has 3 heterocycles. The number of piperidine rings is 1. The Labute approximate surface area is 173 Å². The van der Waals surface area contributed by atoms with Gasteiger partial charge < -0.3 is 9.42 Å². The highest BCUT2D eigenvalue weighted by Gasteiger charge is 2.34. The molecule has 0 radical (unpaired) electrons. The Hall–Kier alpha value is -3.06. The minimum Gasteiger partial charge on any atom is -0.360 e. The Balaban J connectivity index is 1.14. The first kappa shape index (κ1) is 18.9. The first-order valence-corrected chi connectivity index (χ1v) is 10.3. The van der Waals surface area contributed by atoms with Crippen molar-refractivity contribution in [3.05, 3.63) is 65.2 Å². The second kappa shape index (κ2) is 7.65. The quantitative estimate of drug-likeness (QED) is 0.602. The van der Waals surface area contributed by atoms with Crippen LogP contribution in [0.3, 0.4) is 0 Å². The molecule has 6 nitrogen and oxygen atoms in total. The minimum absolute atomic E-state index is 0.192. The standard InChI is InChI=1S/C23H22FN3O3/c24-16-6-7-19-20(14-16)25-30-21(19)15-8-12-26(13-9-15)10-3-11-27-22(28)17-4-1-2-5-18(17)23(27)29/h1-2,4-7,14-15H,3,8-13H2. The molecule has 0 aliphatic carbocycles. The van der Waals surface area contributed by atoms with Gasteiger partial charge in [-0.3, -0.25) is 14.5 Å². The van der Waals surface area contributed by atoms with E-state index in [0.29, 0.717) is 23.2 Å². The van der Waals surface area contributed by atoms with E-state index in [9.17, 15) is 14.0 Å². The van der Waals surface area contributed by atoms with Gasteiger partial charge in [-0.1, -0.05) is 17.3 Å². The first-order valence-electron chi connectivity index (χ1n) is 10.3. The number of rotatable bonds is 5. The number of carbonyl (C=O) groups is 2. The van der Waals surface area contributed by atoms with Crippen molar-refractivity contribution in [2.45, 2.75) is 25.2 Å². The van der Waals surface area contributed by atoms with Gasteiger partial charge in [-0.05, 0) is 63.2 Å². The van der Waals surface area contributed by atoms with Crippen LogP contribution in [0.5, 0.6) is 0 Å². The van der Waals surface area contributed by atoms with Crippen LogP contribution in [0.1, 0.15) is 51.7 Å². The van der Waals surface area contributed by atoms with Gasteiger partial charge in [-0.2, -0.15) is 0 Å². The highest BCUT2D eigenvalue weighted by molar-refractivity contribution is 6.21. The molecule has 5 rings (SSSR count). The summed E-state index contributed by atoms with van der Waals surface area (Å²) in [6.45, 7) is 3.10. The molecule has 2 amide bonds. The highest BCUT2D eigenvalue weighted by atomic mass is 19.1. The summed E-state index contributed by atoms with van der Waals surface area (Å²) in [6, 6.07) is 11.6. The lowest BCUT2D eigenvalue weighted by Crippen LogP contribution is -2.37. The van der Waals surface area contributed by atoms with Gasteiger partial charge in [0, 0.05) is 23.9 Å². The van der Waals surface area contributed by atoms with Gasteiger partial charge >= 0.3 is 0 Å². The molecule has 1 fully saturated rings. The monoisotopic (exact) mass is 407 g/mol. The average Bonchev–Trinajstić information content (AvgIpc) is 3.29. The van der Waals surface area contributed by atoms with Crippen molar-refractivity contribution in [2.75, 3.05) is 26.2 Å². The van der Waals surface area contributed by atoms with Crippen molar-refractivity contribution in [1.82, 2.24) is 15.0 Å². The molecule has 0 N–H and O–H groups in total. The number of imide groups is 1. The average molecular weight is 407 g/mol. The molecule has 3 aromatic rings. The van der Waals surface area contributed by atoms with Gasteiger partial charge in [0.25, 0.3) is 11.8 Å². The van der Waals surface area contributed by atoms with Crippen LogP contribution in [0.25, 0.3) is 10.9 Å². The number of amides is 2. The summed E-state index contributed by atoms with van der Waals surface area (Å²) >= 11 is 0. The molecular weight excluding hydrogens is 385 g/mol. The number of nitrogens with zero attached hydrogens (tertiary/aromatic N) is 3. The maximum Gasteiger partial charge on any atom is 0.261 e. The zero-order chi connectivity index (χ0) is 20.7. The molecule has 2 aromatic carbocycles. The van der Waals surface area contributed by atoms with Crippen LogP contribution in [0.2, 0.25) is 0 Å². The van der Waals surface area contributed by atoms with Crippen LogP contribution in [0.4, 0.5) is 4.39 Å². The fourth-order valence-corrected chi connectivity index (χ4v) is 4.54. The predicted octanol–water partition coefficient (Wildman–Crippen LogP) is 3.83. The number of fused-ring (bicyclic) bond motifs is 2. The molecule has 0 atom stereocenters. The number of carbonyl (C=O) groups excluding carboxylic acids is 2.